The summed E-state index contributed by atoms with van der Waals surface area (Å²) in [6.07, 6.45) is 1.91. The van der Waals surface area contributed by atoms with Gasteiger partial charge in [-0.15, -0.1) is 0 Å². The number of aliphatic hydroxyl groups excluding tert-OH is 7. The summed E-state index contributed by atoms with van der Waals surface area (Å²) in [5.74, 6) is -3.72. The van der Waals surface area contributed by atoms with E-state index >= 15 is 0 Å². The van der Waals surface area contributed by atoms with Gasteiger partial charge in [-0.2, -0.15) is 0 Å². The molecule has 11 unspecified atom stereocenters. The van der Waals surface area contributed by atoms with Crippen molar-refractivity contribution in [3.8, 4) is 0 Å². The van der Waals surface area contributed by atoms with Crippen molar-refractivity contribution in [3.63, 3.8) is 0 Å². The van der Waals surface area contributed by atoms with Gasteiger partial charge in [-0.1, -0.05) is 68.4 Å². The first-order valence-corrected chi connectivity index (χ1v) is 19.6. The number of hydrogen-bond acceptors (Lipinski definition) is 15. The highest BCUT2D eigenvalue weighted by atomic mass is 16.7. The van der Waals surface area contributed by atoms with Crippen LogP contribution in [-0.2, 0) is 23.7 Å². The molecule has 0 spiro atoms. The highest BCUT2D eigenvalue weighted by molar-refractivity contribution is 5.74. The van der Waals surface area contributed by atoms with E-state index in [0.717, 1.165) is 12.8 Å². The van der Waals surface area contributed by atoms with E-state index in [9.17, 15) is 50.4 Å². The number of esters is 1. The molecule has 0 aromatic rings. The van der Waals surface area contributed by atoms with Gasteiger partial charge < -0.3 is 76.2 Å². The van der Waals surface area contributed by atoms with Crippen LogP contribution in [0.5, 0.6) is 0 Å². The molecule has 320 valence electrons. The molecule has 2 amide bonds. The number of unbranched alkanes of at least 4 members (excludes halogenated alkanes) is 1. The van der Waals surface area contributed by atoms with Crippen molar-refractivity contribution in [1.82, 2.24) is 10.6 Å². The summed E-state index contributed by atoms with van der Waals surface area (Å²) in [5, 5.41) is 91.8. The van der Waals surface area contributed by atoms with Gasteiger partial charge in [0.2, 0.25) is 0 Å². The lowest BCUT2D eigenvalue weighted by molar-refractivity contribution is -0.298. The van der Waals surface area contributed by atoms with Crippen LogP contribution in [0.15, 0.2) is 48.6 Å². The lowest BCUT2D eigenvalue weighted by atomic mass is 9.87. The van der Waals surface area contributed by atoms with Crippen LogP contribution < -0.4 is 16.4 Å². The molecule has 3 heterocycles. The molecule has 3 aliphatic heterocycles. The van der Waals surface area contributed by atoms with E-state index < -0.39 is 116 Å². The Bertz CT molecular complexity index is 1320. The number of urea groups is 1. The molecular weight excluding hydrogens is 734 g/mol. The number of amides is 2. The Morgan fingerprint density at radius 2 is 1.57 bits per heavy atom. The molecule has 56 heavy (non-hydrogen) atoms. The molecule has 0 aliphatic carbocycles. The molecule has 12 N–H and O–H groups in total. The van der Waals surface area contributed by atoms with Crippen molar-refractivity contribution in [2.24, 2.45) is 11.7 Å². The van der Waals surface area contributed by atoms with Gasteiger partial charge in [0.25, 0.3) is 0 Å². The number of nitrogens with one attached hydrogen (secondary N) is 2. The Kier molecular flexibility index (Phi) is 20.0. The first-order valence-electron chi connectivity index (χ1n) is 19.6. The van der Waals surface area contributed by atoms with Gasteiger partial charge in [0.05, 0.1) is 73.4 Å². The highest BCUT2D eigenvalue weighted by Gasteiger charge is 2.48. The van der Waals surface area contributed by atoms with Gasteiger partial charge in [0, 0.05) is 39.2 Å². The summed E-state index contributed by atoms with van der Waals surface area (Å²) in [5.41, 5.74) is 5.96. The Morgan fingerprint density at radius 1 is 0.911 bits per heavy atom. The van der Waals surface area contributed by atoms with Crippen LogP contribution in [-0.4, -0.2) is 152 Å². The van der Waals surface area contributed by atoms with Crippen LogP contribution in [0.1, 0.15) is 78.1 Å². The van der Waals surface area contributed by atoms with Gasteiger partial charge in [-0.3, -0.25) is 4.79 Å². The van der Waals surface area contributed by atoms with Gasteiger partial charge in [0.1, 0.15) is 12.2 Å². The molecule has 3 rings (SSSR count). The smallest absolute Gasteiger partial charge is 0.314 e. The minimum atomic E-state index is -2.16. The van der Waals surface area contributed by atoms with E-state index in [1.807, 2.05) is 13.0 Å². The van der Waals surface area contributed by atoms with Gasteiger partial charge in [-0.25, -0.2) is 4.79 Å². The summed E-state index contributed by atoms with van der Waals surface area (Å²) in [6, 6.07) is -2.80. The maximum absolute atomic E-state index is 13.0. The minimum absolute atomic E-state index is 0.128. The number of carbonyl (C=O) groups is 2. The molecule has 0 saturated carbocycles. The van der Waals surface area contributed by atoms with Crippen molar-refractivity contribution in [3.05, 3.63) is 48.6 Å². The number of fused-ring (bicyclic) bond motifs is 2. The topological polar surface area (TPSA) is 283 Å². The zero-order valence-electron chi connectivity index (χ0n) is 32.6. The van der Waals surface area contributed by atoms with Crippen molar-refractivity contribution < 1.29 is 69.4 Å². The number of allylic oxidation sites excluding steroid dienone is 6. The van der Waals surface area contributed by atoms with E-state index in [1.54, 1.807) is 42.5 Å². The van der Waals surface area contributed by atoms with Crippen molar-refractivity contribution in [2.45, 2.75) is 163 Å². The fraction of sp³-hybridized carbons (Fsp3) is 0.744. The second-order valence-corrected chi connectivity index (χ2v) is 15.1. The second kappa shape index (κ2) is 23.6. The van der Waals surface area contributed by atoms with E-state index in [2.05, 4.69) is 10.6 Å². The maximum atomic E-state index is 13.0. The lowest BCUT2D eigenvalue weighted by Crippen LogP contribution is -2.63. The Morgan fingerprint density at radius 3 is 2.27 bits per heavy atom. The van der Waals surface area contributed by atoms with Crippen LogP contribution in [0.25, 0.3) is 0 Å². The highest BCUT2D eigenvalue weighted by Crippen LogP contribution is 2.35. The average molecular weight is 800 g/mol. The summed E-state index contributed by atoms with van der Waals surface area (Å²) in [4.78, 5) is 25.4. The standard InChI is InChI=1S/C39H65N3O14/c1-4-5-13-27-14-11-9-7-6-8-10-12-15-28(55-37-35(49)33(40)31(48)22-53-37)19-32-34(42-38(51)41-3)30(47)21-39(52,56-32)20-26(45)17-24(43)16-25(44)18-29(46)23(2)36(50)54-27/h6-12,15,23-35,37,43-49,52H,4-5,13-14,16-22,40H2,1-3H3,(H2,41,42,51)/b7-6+,10-8+,11-9+,15-12+/t23?,24?,25?,26?,27?,28?,29?,30?,31-,32?,33+,34?,35+,37+,39?/m1/s1. The van der Waals surface area contributed by atoms with Gasteiger partial charge in [-0.05, 0) is 26.2 Å². The molecule has 17 nitrogen and oxygen atoms in total. The number of hydrogen-bond donors (Lipinski definition) is 11. The average Bonchev–Trinajstić information content (AvgIpc) is 3.13. The van der Waals surface area contributed by atoms with E-state index in [-0.39, 0.29) is 32.3 Å². The quantitative estimate of drug-likeness (QED) is 0.154. The van der Waals surface area contributed by atoms with Crippen LogP contribution in [0.3, 0.4) is 0 Å². The molecule has 15 atom stereocenters. The third-order valence-corrected chi connectivity index (χ3v) is 10.2. The first-order chi connectivity index (χ1) is 26.5. The zero-order valence-corrected chi connectivity index (χ0v) is 32.6. The fourth-order valence-electron chi connectivity index (χ4n) is 6.95. The number of carbonyl (C=O) groups excluding carboxylic acids is 2. The normalized spacial score (nSPS) is 42.4. The molecule has 0 aromatic carbocycles. The van der Waals surface area contributed by atoms with Crippen LogP contribution in [0.4, 0.5) is 4.79 Å². The predicted molar refractivity (Wildman–Crippen MR) is 203 cm³/mol. The van der Waals surface area contributed by atoms with Gasteiger partial charge in [0.15, 0.2) is 12.1 Å². The molecule has 2 bridgehead atoms. The summed E-state index contributed by atoms with van der Waals surface area (Å²) in [7, 11) is 1.38. The molecule has 17 heteroatoms. The molecule has 2 saturated heterocycles. The van der Waals surface area contributed by atoms with Crippen LogP contribution in [0.2, 0.25) is 0 Å². The summed E-state index contributed by atoms with van der Waals surface area (Å²) in [6.45, 7) is 3.33. The maximum Gasteiger partial charge on any atom is 0.314 e. The molecule has 0 aromatic heterocycles. The van der Waals surface area contributed by atoms with E-state index in [1.165, 1.54) is 14.0 Å². The first kappa shape index (κ1) is 47.6. The van der Waals surface area contributed by atoms with Crippen molar-refractivity contribution in [1.29, 1.82) is 0 Å². The van der Waals surface area contributed by atoms with Crippen molar-refractivity contribution in [2.75, 3.05) is 13.7 Å². The molecule has 3 aliphatic rings. The second-order valence-electron chi connectivity index (χ2n) is 15.1. The van der Waals surface area contributed by atoms with Crippen LogP contribution >= 0.6 is 0 Å². The summed E-state index contributed by atoms with van der Waals surface area (Å²) < 4.78 is 23.5. The predicted octanol–water partition coefficient (Wildman–Crippen LogP) is -0.326. The Labute approximate surface area is 328 Å². The Hall–Kier alpha value is -2.78. The number of rotatable bonds is 6. The van der Waals surface area contributed by atoms with Crippen molar-refractivity contribution >= 4 is 12.0 Å². The Balaban J connectivity index is 1.93. The molecule has 2 fully saturated rings. The van der Waals surface area contributed by atoms with E-state index in [0.29, 0.717) is 12.8 Å². The summed E-state index contributed by atoms with van der Waals surface area (Å²) >= 11 is 0. The number of ether oxygens (including phenoxy) is 4. The molecule has 0 radical (unpaired) electrons. The lowest BCUT2D eigenvalue weighted by Gasteiger charge is -2.46. The number of cyclic esters (lactones) is 1. The number of aliphatic hydroxyl groups is 8. The monoisotopic (exact) mass is 799 g/mol. The SMILES string of the molecule is CCCCC1C/C=C/C=C/C=C/C=C/C(O[C@@H]2OC[C@@H](O)[C@H](N)[C@@H]2O)CC2OC(O)(CC(O)CC(O)CC(O)CC(O)C(C)C(=O)O1)CC(O)C2NC(=O)NC. The largest absolute Gasteiger partial charge is 0.462 e. The zero-order chi connectivity index (χ0) is 41.4. The van der Waals surface area contributed by atoms with Gasteiger partial charge >= 0.3 is 12.0 Å². The van der Waals surface area contributed by atoms with E-state index in [4.69, 9.17) is 24.7 Å². The number of nitrogens with two attached hydrogens (primary N) is 1. The minimum Gasteiger partial charge on any atom is -0.462 e. The third kappa shape index (κ3) is 15.5. The van der Waals surface area contributed by atoms with Crippen LogP contribution in [0, 0.1) is 5.92 Å². The molecular formula is C39H65N3O14. The third-order valence-electron chi connectivity index (χ3n) is 10.2. The fourth-order valence-corrected chi connectivity index (χ4v) is 6.95.